The minimum atomic E-state index is -0.308. The molecule has 1 unspecified atom stereocenters. The monoisotopic (exact) mass is 405 g/mol. The minimum Gasteiger partial charge on any atom is -0.336 e. The molecule has 3 rings (SSSR count). The third-order valence-electron chi connectivity index (χ3n) is 5.29. The van der Waals surface area contributed by atoms with Gasteiger partial charge in [0.15, 0.2) is 0 Å². The molecule has 158 valence electrons. The number of aromatic nitrogens is 2. The first-order valence-electron chi connectivity index (χ1n) is 10.5. The van der Waals surface area contributed by atoms with Crippen LogP contribution in [0.25, 0.3) is 16.6 Å². The van der Waals surface area contributed by atoms with E-state index >= 15 is 0 Å². The molecule has 1 aromatic heterocycles. The molecule has 0 saturated heterocycles. The quantitative estimate of drug-likeness (QED) is 0.597. The number of hydrogen-bond donors (Lipinski definition) is 0. The van der Waals surface area contributed by atoms with Crippen LogP contribution in [0.2, 0.25) is 0 Å². The smallest absolute Gasteiger partial charge is 0.266 e. The van der Waals surface area contributed by atoms with E-state index in [-0.39, 0.29) is 22.9 Å². The Morgan fingerprint density at radius 2 is 1.83 bits per heavy atom. The number of hydrogen-bond acceptors (Lipinski definition) is 3. The Kier molecular flexibility index (Phi) is 6.11. The molecule has 1 heterocycles. The van der Waals surface area contributed by atoms with Gasteiger partial charge in [0.05, 0.1) is 22.6 Å². The third kappa shape index (κ3) is 4.45. The summed E-state index contributed by atoms with van der Waals surface area (Å²) in [4.78, 5) is 33.1. The zero-order chi connectivity index (χ0) is 22.1. The van der Waals surface area contributed by atoms with Crippen molar-refractivity contribution < 1.29 is 4.79 Å². The van der Waals surface area contributed by atoms with Crippen molar-refractivity contribution in [1.82, 2.24) is 14.5 Å². The minimum absolute atomic E-state index is 0.0487. The van der Waals surface area contributed by atoms with E-state index < -0.39 is 0 Å². The van der Waals surface area contributed by atoms with Crippen LogP contribution in [0.3, 0.4) is 0 Å². The summed E-state index contributed by atoms with van der Waals surface area (Å²) in [5.41, 5.74) is 2.25. The predicted octanol–water partition coefficient (Wildman–Crippen LogP) is 5.04. The Morgan fingerprint density at radius 3 is 2.47 bits per heavy atom. The summed E-state index contributed by atoms with van der Waals surface area (Å²) >= 11 is 0. The molecule has 0 aliphatic heterocycles. The molecule has 3 aromatic rings. The number of amides is 1. The summed E-state index contributed by atoms with van der Waals surface area (Å²) in [7, 11) is 1.81. The largest absolute Gasteiger partial charge is 0.336 e. The van der Waals surface area contributed by atoms with E-state index in [0.717, 1.165) is 11.3 Å². The molecule has 0 saturated carbocycles. The Balaban J connectivity index is 2.23. The van der Waals surface area contributed by atoms with Gasteiger partial charge in [-0.15, -0.1) is 0 Å². The van der Waals surface area contributed by atoms with Crippen LogP contribution >= 0.6 is 0 Å². The van der Waals surface area contributed by atoms with E-state index in [0.29, 0.717) is 29.6 Å². The van der Waals surface area contributed by atoms with Crippen molar-refractivity contribution in [1.29, 1.82) is 0 Å². The fourth-order valence-electron chi connectivity index (χ4n) is 3.77. The van der Waals surface area contributed by atoms with Gasteiger partial charge >= 0.3 is 0 Å². The number of aryl methyl sites for hydroxylation is 1. The number of fused-ring (bicyclic) bond motifs is 1. The van der Waals surface area contributed by atoms with Gasteiger partial charge in [-0.3, -0.25) is 14.2 Å². The third-order valence-corrected chi connectivity index (χ3v) is 5.29. The number of nitrogens with zero attached hydrogens (tertiary/aromatic N) is 3. The highest BCUT2D eigenvalue weighted by Crippen LogP contribution is 2.28. The van der Waals surface area contributed by atoms with Crippen molar-refractivity contribution in [2.45, 2.75) is 53.5 Å². The lowest BCUT2D eigenvalue weighted by atomic mass is 9.91. The SMILES string of the molecule is CCC(c1nc2ccccc2c(=O)n1-c1cccc(C)c1)N(C)C(=O)CC(C)(C)C. The van der Waals surface area contributed by atoms with Crippen molar-refractivity contribution in [2.75, 3.05) is 7.05 Å². The molecule has 30 heavy (non-hydrogen) atoms. The van der Waals surface area contributed by atoms with Gasteiger partial charge in [-0.25, -0.2) is 4.98 Å². The average molecular weight is 406 g/mol. The van der Waals surface area contributed by atoms with Gasteiger partial charge in [0.2, 0.25) is 5.91 Å². The van der Waals surface area contributed by atoms with Crippen LogP contribution < -0.4 is 5.56 Å². The van der Waals surface area contributed by atoms with Gasteiger partial charge in [-0.2, -0.15) is 0 Å². The van der Waals surface area contributed by atoms with Crippen LogP contribution in [0.15, 0.2) is 53.3 Å². The predicted molar refractivity (Wildman–Crippen MR) is 122 cm³/mol. The molecule has 0 aliphatic rings. The molecule has 0 bridgehead atoms. The molecule has 0 fully saturated rings. The maximum atomic E-state index is 13.5. The normalized spacial score (nSPS) is 12.7. The highest BCUT2D eigenvalue weighted by molar-refractivity contribution is 5.79. The van der Waals surface area contributed by atoms with Crippen molar-refractivity contribution in [3.05, 3.63) is 70.3 Å². The molecular weight excluding hydrogens is 374 g/mol. The lowest BCUT2D eigenvalue weighted by Crippen LogP contribution is -2.37. The summed E-state index contributed by atoms with van der Waals surface area (Å²) in [5, 5.41) is 0.571. The van der Waals surface area contributed by atoms with E-state index in [2.05, 4.69) is 20.8 Å². The number of carbonyl (C=O) groups excluding carboxylic acids is 1. The van der Waals surface area contributed by atoms with Gasteiger partial charge in [0.1, 0.15) is 5.82 Å². The number of benzene rings is 2. The van der Waals surface area contributed by atoms with Gasteiger partial charge in [0, 0.05) is 13.5 Å². The van der Waals surface area contributed by atoms with Crippen LogP contribution in [-0.4, -0.2) is 27.4 Å². The highest BCUT2D eigenvalue weighted by Gasteiger charge is 2.28. The summed E-state index contributed by atoms with van der Waals surface area (Å²) in [5.74, 6) is 0.643. The second-order valence-electron chi connectivity index (χ2n) is 9.13. The Bertz CT molecular complexity index is 1130. The first-order valence-corrected chi connectivity index (χ1v) is 10.5. The van der Waals surface area contributed by atoms with E-state index in [1.165, 1.54) is 0 Å². The number of para-hydroxylation sites is 1. The van der Waals surface area contributed by atoms with E-state index in [1.807, 2.05) is 63.4 Å². The molecule has 0 spiro atoms. The number of carbonyl (C=O) groups is 1. The van der Waals surface area contributed by atoms with Crippen LogP contribution in [0.5, 0.6) is 0 Å². The van der Waals surface area contributed by atoms with E-state index in [9.17, 15) is 9.59 Å². The topological polar surface area (TPSA) is 55.2 Å². The average Bonchev–Trinajstić information content (AvgIpc) is 2.67. The van der Waals surface area contributed by atoms with Crippen molar-refractivity contribution in [3.8, 4) is 5.69 Å². The van der Waals surface area contributed by atoms with Crippen molar-refractivity contribution >= 4 is 16.8 Å². The Hall–Kier alpha value is -2.95. The summed E-state index contributed by atoms with van der Waals surface area (Å²) in [6.45, 7) is 10.2. The van der Waals surface area contributed by atoms with Crippen LogP contribution in [-0.2, 0) is 4.79 Å². The van der Waals surface area contributed by atoms with Crippen LogP contribution in [0, 0.1) is 12.3 Å². The highest BCUT2D eigenvalue weighted by atomic mass is 16.2. The molecule has 0 aliphatic carbocycles. The van der Waals surface area contributed by atoms with Gasteiger partial charge in [0.25, 0.3) is 5.56 Å². The fraction of sp³-hybridized carbons (Fsp3) is 0.400. The van der Waals surface area contributed by atoms with E-state index in [1.54, 1.807) is 15.5 Å². The van der Waals surface area contributed by atoms with Crippen molar-refractivity contribution in [2.24, 2.45) is 5.41 Å². The Morgan fingerprint density at radius 1 is 1.13 bits per heavy atom. The maximum absolute atomic E-state index is 13.5. The zero-order valence-corrected chi connectivity index (χ0v) is 18.8. The summed E-state index contributed by atoms with van der Waals surface area (Å²) < 4.78 is 1.67. The van der Waals surface area contributed by atoms with Crippen LogP contribution in [0.4, 0.5) is 0 Å². The van der Waals surface area contributed by atoms with E-state index in [4.69, 9.17) is 4.98 Å². The lowest BCUT2D eigenvalue weighted by molar-refractivity contribution is -0.134. The lowest BCUT2D eigenvalue weighted by Gasteiger charge is -2.31. The first-order chi connectivity index (χ1) is 14.1. The van der Waals surface area contributed by atoms with Crippen LogP contribution in [0.1, 0.15) is 58.0 Å². The van der Waals surface area contributed by atoms with Crippen molar-refractivity contribution in [3.63, 3.8) is 0 Å². The first kappa shape index (κ1) is 21.8. The zero-order valence-electron chi connectivity index (χ0n) is 18.8. The number of rotatable bonds is 5. The summed E-state index contributed by atoms with van der Waals surface area (Å²) in [6, 6.07) is 14.9. The fourth-order valence-corrected chi connectivity index (χ4v) is 3.77. The summed E-state index contributed by atoms with van der Waals surface area (Å²) in [6.07, 6.45) is 1.09. The van der Waals surface area contributed by atoms with Gasteiger partial charge in [-0.05, 0) is 48.6 Å². The van der Waals surface area contributed by atoms with Gasteiger partial charge < -0.3 is 4.90 Å². The molecule has 0 N–H and O–H groups in total. The molecule has 1 amide bonds. The standard InChI is InChI=1S/C25H31N3O2/c1-7-21(27(6)22(29)16-25(3,4)5)23-26-20-14-9-8-13-19(20)24(30)28(23)18-12-10-11-17(2)15-18/h8-15,21H,7,16H2,1-6H3. The molecule has 2 aromatic carbocycles. The molecule has 1 atom stereocenters. The second kappa shape index (κ2) is 8.42. The Labute approximate surface area is 178 Å². The molecule has 0 radical (unpaired) electrons. The molecular formula is C25H31N3O2. The maximum Gasteiger partial charge on any atom is 0.266 e. The van der Waals surface area contributed by atoms with Gasteiger partial charge in [-0.1, -0.05) is 52.0 Å². The second-order valence-corrected chi connectivity index (χ2v) is 9.13. The molecule has 5 heteroatoms. The molecule has 5 nitrogen and oxygen atoms in total.